The number of halogens is 2. The average molecular weight is 779 g/mol. The van der Waals surface area contributed by atoms with Gasteiger partial charge in [0.1, 0.15) is 11.5 Å². The number of hydrogen-bond acceptors (Lipinski definition) is 8. The fourth-order valence-corrected chi connectivity index (χ4v) is 9.92. The largest absolute Gasteiger partial charge is 0.507 e. The predicted molar refractivity (Wildman–Crippen MR) is 207 cm³/mol. The van der Waals surface area contributed by atoms with Gasteiger partial charge in [-0.25, -0.2) is 0 Å². The van der Waals surface area contributed by atoms with Crippen molar-refractivity contribution < 1.29 is 33.8 Å². The summed E-state index contributed by atoms with van der Waals surface area (Å²) in [5.41, 5.74) is 5.78. The molecule has 4 amide bonds. The zero-order valence-corrected chi connectivity index (χ0v) is 31.9. The minimum atomic E-state index is -1.53. The van der Waals surface area contributed by atoms with Crippen molar-refractivity contribution >= 4 is 64.0 Å². The smallest absolute Gasteiger partial charge is 0.260 e. The van der Waals surface area contributed by atoms with Crippen LogP contribution in [0.2, 0.25) is 10.0 Å². The third-order valence-electron chi connectivity index (χ3n) is 12.0. The normalized spacial score (nSPS) is 25.7. The summed E-state index contributed by atoms with van der Waals surface area (Å²) in [6.45, 7) is 5.00. The molecule has 12 heteroatoms. The van der Waals surface area contributed by atoms with Crippen molar-refractivity contribution in [2.45, 2.75) is 44.9 Å². The minimum Gasteiger partial charge on any atom is -0.507 e. The van der Waals surface area contributed by atoms with Gasteiger partial charge in [0.05, 0.1) is 46.7 Å². The Balaban J connectivity index is 1.32. The topological polar surface area (TPSA) is 133 Å². The van der Waals surface area contributed by atoms with Gasteiger partial charge in [0.2, 0.25) is 11.8 Å². The Morgan fingerprint density at radius 2 is 1.55 bits per heavy atom. The lowest BCUT2D eigenvalue weighted by atomic mass is 9.49. The first kappa shape index (κ1) is 36.5. The molecule has 1 saturated carbocycles. The van der Waals surface area contributed by atoms with E-state index < -0.39 is 52.7 Å². The molecule has 4 aromatic rings. The number of imide groups is 2. The van der Waals surface area contributed by atoms with E-state index in [1.807, 2.05) is 18.2 Å². The van der Waals surface area contributed by atoms with Gasteiger partial charge in [-0.2, -0.15) is 5.01 Å². The van der Waals surface area contributed by atoms with Crippen LogP contribution in [0.1, 0.15) is 58.3 Å². The number of methoxy groups -OCH3 is 1. The number of hydrazine groups is 1. The van der Waals surface area contributed by atoms with Gasteiger partial charge in [-0.15, -0.1) is 0 Å². The van der Waals surface area contributed by atoms with Crippen molar-refractivity contribution in [2.24, 2.45) is 23.7 Å². The number of hydrogen-bond donors (Lipinski definition) is 2. The van der Waals surface area contributed by atoms with E-state index in [9.17, 15) is 24.3 Å². The van der Waals surface area contributed by atoms with Crippen LogP contribution in [0.4, 0.5) is 11.4 Å². The second kappa shape index (κ2) is 13.4. The predicted octanol–water partition coefficient (Wildman–Crippen LogP) is 7.72. The van der Waals surface area contributed by atoms with Gasteiger partial charge in [0, 0.05) is 16.5 Å². The van der Waals surface area contributed by atoms with Gasteiger partial charge in [0.25, 0.3) is 11.8 Å². The SMILES string of the molecule is COc1ccc(C23C(=O)N(Nc4ccc(Cl)cc4Cl)C(=O)C2CC2C(=CCC4C(=O)N(c5ccc(C(C)=O)cc5)C(=O)C42)C3c2cc(C)c(O)c(C)c2)cc1. The number of aromatic hydroxyl groups is 1. The highest BCUT2D eigenvalue weighted by molar-refractivity contribution is 6.36. The van der Waals surface area contributed by atoms with Crippen molar-refractivity contribution in [3.8, 4) is 11.5 Å². The maximum atomic E-state index is 15.5. The number of benzene rings is 4. The molecule has 55 heavy (non-hydrogen) atoms. The number of rotatable bonds is 7. The Bertz CT molecular complexity index is 2340. The lowest BCUT2D eigenvalue weighted by molar-refractivity contribution is -0.138. The highest BCUT2D eigenvalue weighted by Crippen LogP contribution is 2.64. The summed E-state index contributed by atoms with van der Waals surface area (Å²) in [5.74, 6) is -5.14. The van der Waals surface area contributed by atoms with Crippen LogP contribution in [0.15, 0.2) is 90.5 Å². The number of anilines is 2. The van der Waals surface area contributed by atoms with E-state index in [4.69, 9.17) is 27.9 Å². The van der Waals surface area contributed by atoms with Crippen LogP contribution in [0.25, 0.3) is 0 Å². The molecule has 2 aliphatic carbocycles. The molecule has 0 radical (unpaired) electrons. The van der Waals surface area contributed by atoms with E-state index in [2.05, 4.69) is 5.43 Å². The van der Waals surface area contributed by atoms with Crippen LogP contribution in [-0.2, 0) is 24.6 Å². The van der Waals surface area contributed by atoms with Crippen molar-refractivity contribution in [1.29, 1.82) is 0 Å². The fourth-order valence-electron chi connectivity index (χ4n) is 9.47. The summed E-state index contributed by atoms with van der Waals surface area (Å²) in [6, 6.07) is 21.8. The van der Waals surface area contributed by atoms with Crippen LogP contribution in [0.3, 0.4) is 0 Å². The molecule has 0 spiro atoms. The van der Waals surface area contributed by atoms with Gasteiger partial charge < -0.3 is 9.84 Å². The monoisotopic (exact) mass is 777 g/mol. The molecule has 2 aliphatic heterocycles. The van der Waals surface area contributed by atoms with E-state index >= 15 is 4.79 Å². The van der Waals surface area contributed by atoms with E-state index in [1.165, 1.54) is 17.9 Å². The van der Waals surface area contributed by atoms with E-state index in [1.54, 1.807) is 81.6 Å². The number of nitrogens with one attached hydrogen (secondary N) is 1. The van der Waals surface area contributed by atoms with E-state index in [-0.39, 0.29) is 35.3 Å². The molecule has 4 aliphatic rings. The quantitative estimate of drug-likeness (QED) is 0.111. The van der Waals surface area contributed by atoms with Crippen LogP contribution >= 0.6 is 23.2 Å². The van der Waals surface area contributed by atoms with E-state index in [0.29, 0.717) is 50.0 Å². The molecule has 2 N–H and O–H groups in total. The third kappa shape index (κ3) is 5.48. The molecule has 0 bridgehead atoms. The summed E-state index contributed by atoms with van der Waals surface area (Å²) in [5, 5.41) is 12.5. The van der Waals surface area contributed by atoms with Gasteiger partial charge in [-0.1, -0.05) is 59.1 Å². The average Bonchev–Trinajstić information content (AvgIpc) is 3.55. The van der Waals surface area contributed by atoms with Crippen molar-refractivity contribution in [3.63, 3.8) is 0 Å². The third-order valence-corrected chi connectivity index (χ3v) is 12.5. The highest BCUT2D eigenvalue weighted by Gasteiger charge is 2.70. The van der Waals surface area contributed by atoms with Crippen LogP contribution in [0, 0.1) is 37.5 Å². The van der Waals surface area contributed by atoms with Gasteiger partial charge in [0.15, 0.2) is 5.78 Å². The Labute approximate surface area is 327 Å². The van der Waals surface area contributed by atoms with Gasteiger partial charge >= 0.3 is 0 Å². The Morgan fingerprint density at radius 1 is 0.873 bits per heavy atom. The molecule has 8 rings (SSSR count). The number of amides is 4. The summed E-state index contributed by atoms with van der Waals surface area (Å²) in [7, 11) is 1.54. The zero-order chi connectivity index (χ0) is 39.1. The number of nitrogens with zero attached hydrogens (tertiary/aromatic N) is 2. The molecule has 0 aromatic heterocycles. The Kier molecular flexibility index (Phi) is 8.89. The zero-order valence-electron chi connectivity index (χ0n) is 30.4. The number of carbonyl (C=O) groups excluding carboxylic acids is 5. The molecule has 3 fully saturated rings. The van der Waals surface area contributed by atoms with Crippen molar-refractivity contribution in [2.75, 3.05) is 17.4 Å². The maximum Gasteiger partial charge on any atom is 0.260 e. The molecule has 4 aromatic carbocycles. The Morgan fingerprint density at radius 3 is 2.16 bits per heavy atom. The number of phenols is 1. The molecule has 2 heterocycles. The lowest BCUT2D eigenvalue weighted by Gasteiger charge is -2.50. The standard InChI is InChI=1S/C43H37Cl2N3O7/c1-21-17-25(18-22(2)38(21)50)37-30-14-15-31-36(41(53)47(39(31)51)28-10-5-24(6-11-28)23(3)49)32(30)20-33-40(52)48(46-35-16-9-27(44)19-34(35)45)42(54)43(33,37)26-7-12-29(55-4)13-8-26/h5-14,16-19,31-33,36-37,46,50H,15,20H2,1-4H3. The van der Waals surface area contributed by atoms with Gasteiger partial charge in [-0.3, -0.25) is 34.3 Å². The molecule has 6 unspecified atom stereocenters. The molecular weight excluding hydrogens is 741 g/mol. The Hall–Kier alpha value is -5.45. The van der Waals surface area contributed by atoms with Crippen molar-refractivity contribution in [1.82, 2.24) is 5.01 Å². The number of carbonyl (C=O) groups is 5. The first-order chi connectivity index (χ1) is 26.3. The number of ether oxygens (including phenoxy) is 1. The van der Waals surface area contributed by atoms with Crippen LogP contribution in [-0.4, -0.2) is 46.6 Å². The summed E-state index contributed by atoms with van der Waals surface area (Å²) < 4.78 is 5.48. The van der Waals surface area contributed by atoms with Crippen molar-refractivity contribution in [3.05, 3.63) is 128 Å². The molecule has 10 nitrogen and oxygen atoms in total. The molecule has 6 atom stereocenters. The molecule has 280 valence electrons. The van der Waals surface area contributed by atoms with Crippen LogP contribution in [0.5, 0.6) is 11.5 Å². The minimum absolute atomic E-state index is 0.0960. The number of Topliss-reactive ketones (excluding diaryl/α,β-unsaturated/α-hetero) is 1. The summed E-state index contributed by atoms with van der Waals surface area (Å²) in [6.07, 6.45) is 2.31. The number of phenolic OH excluding ortho intramolecular Hbond substituents is 1. The number of ketones is 1. The number of allylic oxidation sites excluding steroid dienone is 2. The number of fused-ring (bicyclic) bond motifs is 4. The maximum absolute atomic E-state index is 15.5. The summed E-state index contributed by atoms with van der Waals surface area (Å²) in [4.78, 5) is 72.4. The number of aryl methyl sites for hydroxylation is 2. The van der Waals surface area contributed by atoms with Gasteiger partial charge in [-0.05, 0) is 116 Å². The second-order valence-corrected chi connectivity index (χ2v) is 15.7. The van der Waals surface area contributed by atoms with Crippen LogP contribution < -0.4 is 15.1 Å². The lowest BCUT2D eigenvalue weighted by Crippen LogP contribution is -2.53. The fraction of sp³-hybridized carbons (Fsp3) is 0.279. The summed E-state index contributed by atoms with van der Waals surface area (Å²) >= 11 is 12.7. The molecule has 2 saturated heterocycles. The molecular formula is C43H37Cl2N3O7. The first-order valence-electron chi connectivity index (χ1n) is 18.0. The highest BCUT2D eigenvalue weighted by atomic mass is 35.5. The van der Waals surface area contributed by atoms with E-state index in [0.717, 1.165) is 10.6 Å². The second-order valence-electron chi connectivity index (χ2n) is 14.8. The first-order valence-corrected chi connectivity index (χ1v) is 18.8.